The molecule has 2 aromatic heterocycles. The van der Waals surface area contributed by atoms with E-state index in [1.165, 1.54) is 13.3 Å². The molecule has 0 aliphatic heterocycles. The van der Waals surface area contributed by atoms with Gasteiger partial charge in [-0.05, 0) is 31.2 Å². The second kappa shape index (κ2) is 6.60. The van der Waals surface area contributed by atoms with Crippen LogP contribution in [0.4, 0.5) is 16.2 Å². The maximum Gasteiger partial charge on any atom is 0.411 e. The summed E-state index contributed by atoms with van der Waals surface area (Å²) < 4.78 is 6.22. The highest BCUT2D eigenvalue weighted by Crippen LogP contribution is 2.19. The van der Waals surface area contributed by atoms with Crippen LogP contribution in [0.2, 0.25) is 0 Å². The Hall–Kier alpha value is -3.42. The van der Waals surface area contributed by atoms with Crippen molar-refractivity contribution in [3.63, 3.8) is 0 Å². The van der Waals surface area contributed by atoms with E-state index in [0.717, 1.165) is 16.7 Å². The van der Waals surface area contributed by atoms with E-state index in [0.29, 0.717) is 16.9 Å². The number of pyridine rings is 1. The fourth-order valence-electron chi connectivity index (χ4n) is 2.48. The van der Waals surface area contributed by atoms with E-state index in [4.69, 9.17) is 0 Å². The molecule has 2 N–H and O–H groups in total. The van der Waals surface area contributed by atoms with Gasteiger partial charge in [0.1, 0.15) is 0 Å². The summed E-state index contributed by atoms with van der Waals surface area (Å²) in [6.07, 6.45) is 0.931. The molecule has 0 aliphatic carbocycles. The smallest absolute Gasteiger partial charge is 0.411 e. The molecule has 0 aliphatic rings. The largest absolute Gasteiger partial charge is 0.453 e. The van der Waals surface area contributed by atoms with Crippen molar-refractivity contribution in [2.24, 2.45) is 7.05 Å². The molecule has 128 valence electrons. The van der Waals surface area contributed by atoms with Crippen molar-refractivity contribution in [1.29, 1.82) is 0 Å². The number of nitrogens with zero attached hydrogens (tertiary/aromatic N) is 3. The number of carbonyl (C=O) groups excluding carboxylic acids is 2. The second-order valence-electron chi connectivity index (χ2n) is 5.46. The third kappa shape index (κ3) is 3.42. The maximum atomic E-state index is 12.5. The molecule has 0 fully saturated rings. The molecule has 3 aromatic rings. The number of carbonyl (C=O) groups is 2. The topological polar surface area (TPSA) is 98.1 Å². The van der Waals surface area contributed by atoms with Gasteiger partial charge in [0.05, 0.1) is 18.4 Å². The highest BCUT2D eigenvalue weighted by atomic mass is 16.5. The quantitative estimate of drug-likeness (QED) is 0.764. The second-order valence-corrected chi connectivity index (χ2v) is 5.46. The Labute approximate surface area is 143 Å². The molecular weight excluding hydrogens is 322 g/mol. The Balaban J connectivity index is 1.81. The number of anilines is 2. The number of hydrogen-bond donors (Lipinski definition) is 2. The lowest BCUT2D eigenvalue weighted by Crippen LogP contribution is -2.14. The van der Waals surface area contributed by atoms with E-state index in [-0.39, 0.29) is 5.91 Å². The van der Waals surface area contributed by atoms with Crippen molar-refractivity contribution in [1.82, 2.24) is 14.8 Å². The number of fused-ring (bicyclic) bond motifs is 1. The van der Waals surface area contributed by atoms with Crippen LogP contribution in [0, 0.1) is 6.92 Å². The summed E-state index contributed by atoms with van der Waals surface area (Å²) in [5.41, 5.74) is 3.01. The Morgan fingerprint density at radius 2 is 1.88 bits per heavy atom. The number of ether oxygens (including phenoxy) is 1. The zero-order valence-electron chi connectivity index (χ0n) is 14.0. The van der Waals surface area contributed by atoms with Crippen LogP contribution in [0.25, 0.3) is 11.0 Å². The van der Waals surface area contributed by atoms with Gasteiger partial charge in [0.2, 0.25) is 0 Å². The molecule has 2 heterocycles. The molecule has 0 atom stereocenters. The van der Waals surface area contributed by atoms with Gasteiger partial charge >= 0.3 is 6.09 Å². The third-order valence-electron chi connectivity index (χ3n) is 3.68. The first kappa shape index (κ1) is 16.4. The van der Waals surface area contributed by atoms with Gasteiger partial charge in [0.25, 0.3) is 5.91 Å². The summed E-state index contributed by atoms with van der Waals surface area (Å²) in [6.45, 7) is 1.87. The minimum atomic E-state index is -0.579. The van der Waals surface area contributed by atoms with Gasteiger partial charge in [-0.3, -0.25) is 14.8 Å². The number of nitrogens with one attached hydrogen (secondary N) is 2. The molecule has 0 spiro atoms. The SMILES string of the molecule is COC(=O)Nc1cccc(NC(=O)c2cnc3c(c2)c(C)nn3C)c1. The molecule has 1 aromatic carbocycles. The number of aryl methyl sites for hydroxylation is 2. The zero-order valence-corrected chi connectivity index (χ0v) is 14.0. The van der Waals surface area contributed by atoms with Crippen molar-refractivity contribution >= 4 is 34.4 Å². The average Bonchev–Trinajstić information content (AvgIpc) is 2.89. The molecule has 25 heavy (non-hydrogen) atoms. The minimum Gasteiger partial charge on any atom is -0.453 e. The van der Waals surface area contributed by atoms with Crippen molar-refractivity contribution < 1.29 is 14.3 Å². The summed E-state index contributed by atoms with van der Waals surface area (Å²) in [5.74, 6) is -0.298. The van der Waals surface area contributed by atoms with Crippen LogP contribution < -0.4 is 10.6 Å². The van der Waals surface area contributed by atoms with E-state index >= 15 is 0 Å². The minimum absolute atomic E-state index is 0.298. The molecule has 8 heteroatoms. The normalized spacial score (nSPS) is 10.5. The van der Waals surface area contributed by atoms with Crippen LogP contribution in [0.15, 0.2) is 36.5 Å². The Bertz CT molecular complexity index is 964. The lowest BCUT2D eigenvalue weighted by atomic mass is 10.2. The van der Waals surface area contributed by atoms with E-state index < -0.39 is 6.09 Å². The summed E-state index contributed by atoms with van der Waals surface area (Å²) in [7, 11) is 3.09. The van der Waals surface area contributed by atoms with Gasteiger partial charge in [-0.1, -0.05) is 6.07 Å². The monoisotopic (exact) mass is 339 g/mol. The molecule has 0 bridgehead atoms. The first-order chi connectivity index (χ1) is 12.0. The van der Waals surface area contributed by atoms with Gasteiger partial charge in [-0.15, -0.1) is 0 Å². The van der Waals surface area contributed by atoms with E-state index in [9.17, 15) is 9.59 Å². The number of hydrogen-bond acceptors (Lipinski definition) is 5. The highest BCUT2D eigenvalue weighted by molar-refractivity contribution is 6.06. The van der Waals surface area contributed by atoms with E-state index in [2.05, 4.69) is 25.5 Å². The molecule has 0 saturated carbocycles. The average molecular weight is 339 g/mol. The molecule has 0 unspecified atom stereocenters. The Kier molecular flexibility index (Phi) is 4.34. The van der Waals surface area contributed by atoms with Crippen LogP contribution in [-0.4, -0.2) is 33.9 Å². The van der Waals surface area contributed by atoms with Crippen LogP contribution in [0.1, 0.15) is 16.1 Å². The number of benzene rings is 1. The van der Waals surface area contributed by atoms with E-state index in [1.54, 1.807) is 35.0 Å². The first-order valence-electron chi connectivity index (χ1n) is 7.53. The molecule has 0 radical (unpaired) electrons. The fraction of sp³-hybridized carbons (Fsp3) is 0.176. The summed E-state index contributed by atoms with van der Waals surface area (Å²) >= 11 is 0. The summed E-state index contributed by atoms with van der Waals surface area (Å²) in [5, 5.41) is 10.4. The van der Waals surface area contributed by atoms with Crippen molar-refractivity contribution in [2.45, 2.75) is 6.92 Å². The fourth-order valence-corrected chi connectivity index (χ4v) is 2.48. The predicted octanol–water partition coefficient (Wildman–Crippen LogP) is 2.71. The van der Waals surface area contributed by atoms with Gasteiger partial charge in [0.15, 0.2) is 5.65 Å². The van der Waals surface area contributed by atoms with Gasteiger partial charge < -0.3 is 10.1 Å². The lowest BCUT2D eigenvalue weighted by Gasteiger charge is -2.08. The molecular formula is C17H17N5O3. The number of rotatable bonds is 3. The number of methoxy groups -OCH3 is 1. The number of aromatic nitrogens is 3. The summed E-state index contributed by atoms with van der Waals surface area (Å²) in [4.78, 5) is 28.0. The van der Waals surface area contributed by atoms with Gasteiger partial charge in [-0.2, -0.15) is 5.10 Å². The van der Waals surface area contributed by atoms with Gasteiger partial charge in [0, 0.05) is 30.0 Å². The summed E-state index contributed by atoms with van der Waals surface area (Å²) in [6, 6.07) is 8.53. The first-order valence-corrected chi connectivity index (χ1v) is 7.53. The third-order valence-corrected chi connectivity index (χ3v) is 3.68. The van der Waals surface area contributed by atoms with Gasteiger partial charge in [-0.25, -0.2) is 9.78 Å². The van der Waals surface area contributed by atoms with Crippen LogP contribution >= 0.6 is 0 Å². The predicted molar refractivity (Wildman–Crippen MR) is 93.7 cm³/mol. The standard InChI is InChI=1S/C17H17N5O3/c1-10-14-7-11(9-18-15(14)22(2)21-10)16(23)19-12-5-4-6-13(8-12)20-17(24)25-3/h4-9H,1-3H3,(H,19,23)(H,20,24). The molecule has 3 rings (SSSR count). The number of amides is 2. The van der Waals surface area contributed by atoms with Crippen molar-refractivity contribution in [3.05, 3.63) is 47.8 Å². The molecule has 8 nitrogen and oxygen atoms in total. The lowest BCUT2D eigenvalue weighted by molar-refractivity contribution is 0.102. The van der Waals surface area contributed by atoms with Crippen molar-refractivity contribution in [3.8, 4) is 0 Å². The van der Waals surface area contributed by atoms with Crippen LogP contribution in [0.5, 0.6) is 0 Å². The van der Waals surface area contributed by atoms with Crippen LogP contribution in [0.3, 0.4) is 0 Å². The Morgan fingerprint density at radius 3 is 2.60 bits per heavy atom. The van der Waals surface area contributed by atoms with E-state index in [1.807, 2.05) is 14.0 Å². The highest BCUT2D eigenvalue weighted by Gasteiger charge is 2.12. The molecule has 2 amide bonds. The molecule has 0 saturated heterocycles. The zero-order chi connectivity index (χ0) is 18.0. The Morgan fingerprint density at radius 1 is 1.16 bits per heavy atom. The van der Waals surface area contributed by atoms with Crippen LogP contribution in [-0.2, 0) is 11.8 Å². The van der Waals surface area contributed by atoms with Crippen molar-refractivity contribution in [2.75, 3.05) is 17.7 Å². The maximum absolute atomic E-state index is 12.5.